The Hall–Kier alpha value is -2.37. The summed E-state index contributed by atoms with van der Waals surface area (Å²) >= 11 is 0. The Labute approximate surface area is 153 Å². The number of hydrogen-bond acceptors (Lipinski definition) is 4. The van der Waals surface area contributed by atoms with Gasteiger partial charge in [0.05, 0.1) is 18.9 Å². The minimum atomic E-state index is -0.295. The van der Waals surface area contributed by atoms with Crippen LogP contribution in [-0.4, -0.2) is 46.5 Å². The molecule has 0 radical (unpaired) electrons. The average Bonchev–Trinajstić information content (AvgIpc) is 3.20. The molecule has 0 aliphatic carbocycles. The van der Waals surface area contributed by atoms with Crippen LogP contribution in [0.3, 0.4) is 0 Å². The van der Waals surface area contributed by atoms with E-state index in [1.165, 1.54) is 16.3 Å². The van der Waals surface area contributed by atoms with Crippen LogP contribution < -0.4 is 4.74 Å². The number of ether oxygens (including phenoxy) is 1. The zero-order valence-electron chi connectivity index (χ0n) is 15.3. The number of aliphatic hydroxyl groups excluding tert-OH is 1. The normalized spacial score (nSPS) is 20.7. The smallest absolute Gasteiger partial charge is 0.119 e. The number of nitrogens with one attached hydrogen (secondary N) is 1. The first-order valence-electron chi connectivity index (χ1n) is 9.09. The second-order valence-corrected chi connectivity index (χ2v) is 7.32. The van der Waals surface area contributed by atoms with E-state index in [-0.39, 0.29) is 12.0 Å². The van der Waals surface area contributed by atoms with E-state index in [9.17, 15) is 5.11 Å². The highest BCUT2D eigenvalue weighted by Crippen LogP contribution is 2.25. The molecular formula is C21H25N3O2. The molecule has 2 atom stereocenters. The molecule has 1 aromatic heterocycles. The van der Waals surface area contributed by atoms with Crippen molar-refractivity contribution in [3.63, 3.8) is 0 Å². The highest BCUT2D eigenvalue weighted by Gasteiger charge is 2.31. The topological polar surface area (TPSA) is 61.4 Å². The molecule has 3 aromatic rings. The van der Waals surface area contributed by atoms with Crippen LogP contribution in [0.25, 0.3) is 10.8 Å². The lowest BCUT2D eigenvalue weighted by Gasteiger charge is -2.16. The van der Waals surface area contributed by atoms with Crippen molar-refractivity contribution >= 4 is 10.8 Å². The minimum Gasteiger partial charge on any atom is -0.497 e. The monoisotopic (exact) mass is 351 g/mol. The SMILES string of the molecule is COc1ccc2cc(CN3C[C@@H](Cc4cc(C)[nH]n4)[C@@H](O)C3)ccc2c1. The first-order valence-corrected chi connectivity index (χ1v) is 9.09. The van der Waals surface area contributed by atoms with E-state index >= 15 is 0 Å². The summed E-state index contributed by atoms with van der Waals surface area (Å²) in [5, 5.41) is 20.1. The number of fused-ring (bicyclic) bond motifs is 1. The van der Waals surface area contributed by atoms with Gasteiger partial charge in [0.25, 0.3) is 0 Å². The van der Waals surface area contributed by atoms with E-state index < -0.39 is 0 Å². The van der Waals surface area contributed by atoms with E-state index in [0.717, 1.165) is 36.6 Å². The zero-order chi connectivity index (χ0) is 18.1. The third kappa shape index (κ3) is 3.59. The number of aromatic amines is 1. The van der Waals surface area contributed by atoms with Crippen molar-refractivity contribution in [3.05, 3.63) is 59.4 Å². The molecule has 0 unspecified atom stereocenters. The molecule has 136 valence electrons. The Morgan fingerprint density at radius 3 is 2.73 bits per heavy atom. The summed E-state index contributed by atoms with van der Waals surface area (Å²) in [5.74, 6) is 1.12. The van der Waals surface area contributed by atoms with E-state index in [1.54, 1.807) is 7.11 Å². The molecule has 1 aliphatic heterocycles. The van der Waals surface area contributed by atoms with Crippen LogP contribution in [0.4, 0.5) is 0 Å². The van der Waals surface area contributed by atoms with Gasteiger partial charge in [-0.25, -0.2) is 0 Å². The molecule has 2 heterocycles. The number of H-pyrrole nitrogens is 1. The second kappa shape index (κ2) is 7.09. The molecule has 0 saturated carbocycles. The summed E-state index contributed by atoms with van der Waals surface area (Å²) in [6, 6.07) is 14.7. The molecule has 1 saturated heterocycles. The lowest BCUT2D eigenvalue weighted by Crippen LogP contribution is -2.21. The molecule has 0 spiro atoms. The van der Waals surface area contributed by atoms with Crippen molar-refractivity contribution in [2.45, 2.75) is 26.0 Å². The van der Waals surface area contributed by atoms with Crippen LogP contribution in [-0.2, 0) is 13.0 Å². The fraction of sp³-hybridized carbons (Fsp3) is 0.381. The Bertz CT molecular complexity index is 905. The molecule has 0 amide bonds. The number of methoxy groups -OCH3 is 1. The summed E-state index contributed by atoms with van der Waals surface area (Å²) < 4.78 is 5.29. The van der Waals surface area contributed by atoms with Gasteiger partial charge in [0.1, 0.15) is 5.75 Å². The molecule has 2 N–H and O–H groups in total. The number of nitrogens with zero attached hydrogens (tertiary/aromatic N) is 2. The van der Waals surface area contributed by atoms with Gasteiger partial charge < -0.3 is 9.84 Å². The molecule has 0 bridgehead atoms. The number of hydrogen-bond donors (Lipinski definition) is 2. The van der Waals surface area contributed by atoms with Crippen LogP contribution in [0.1, 0.15) is 17.0 Å². The van der Waals surface area contributed by atoms with Crippen LogP contribution in [0.5, 0.6) is 5.75 Å². The Kier molecular flexibility index (Phi) is 4.66. The van der Waals surface area contributed by atoms with Gasteiger partial charge in [0.2, 0.25) is 0 Å². The zero-order valence-corrected chi connectivity index (χ0v) is 15.3. The summed E-state index contributed by atoms with van der Waals surface area (Å²) in [7, 11) is 1.69. The highest BCUT2D eigenvalue weighted by atomic mass is 16.5. The second-order valence-electron chi connectivity index (χ2n) is 7.32. The third-order valence-corrected chi connectivity index (χ3v) is 5.23. The number of β-amino-alcohol motifs (C(OH)–C–C–N with tert-alkyl or cyclic N) is 1. The van der Waals surface area contributed by atoms with E-state index in [0.29, 0.717) is 6.54 Å². The molecule has 5 nitrogen and oxygen atoms in total. The first-order chi connectivity index (χ1) is 12.6. The summed E-state index contributed by atoms with van der Waals surface area (Å²) in [5.41, 5.74) is 3.37. The number of aryl methyl sites for hydroxylation is 1. The lowest BCUT2D eigenvalue weighted by atomic mass is 10.00. The van der Waals surface area contributed by atoms with Gasteiger partial charge in [0, 0.05) is 31.2 Å². The van der Waals surface area contributed by atoms with Crippen molar-refractivity contribution in [3.8, 4) is 5.75 Å². The number of likely N-dealkylation sites (tertiary alicyclic amines) is 1. The van der Waals surface area contributed by atoms with Gasteiger partial charge in [-0.1, -0.05) is 18.2 Å². The third-order valence-electron chi connectivity index (χ3n) is 5.23. The number of rotatable bonds is 5. The molecule has 4 rings (SSSR count). The maximum atomic E-state index is 10.4. The van der Waals surface area contributed by atoms with Crippen molar-refractivity contribution in [2.75, 3.05) is 20.2 Å². The highest BCUT2D eigenvalue weighted by molar-refractivity contribution is 5.84. The number of aliphatic hydroxyl groups is 1. The summed E-state index contributed by atoms with van der Waals surface area (Å²) in [6.45, 7) is 4.47. The van der Waals surface area contributed by atoms with E-state index in [2.05, 4.69) is 51.5 Å². The Morgan fingerprint density at radius 2 is 1.96 bits per heavy atom. The van der Waals surface area contributed by atoms with Crippen molar-refractivity contribution in [2.24, 2.45) is 5.92 Å². The fourth-order valence-corrected chi connectivity index (χ4v) is 3.88. The lowest BCUT2D eigenvalue weighted by molar-refractivity contribution is 0.140. The van der Waals surface area contributed by atoms with Crippen molar-refractivity contribution in [1.82, 2.24) is 15.1 Å². The van der Waals surface area contributed by atoms with Gasteiger partial charge in [-0.15, -0.1) is 0 Å². The predicted octanol–water partition coefficient (Wildman–Crippen LogP) is 2.92. The van der Waals surface area contributed by atoms with Crippen molar-refractivity contribution in [1.29, 1.82) is 0 Å². The molecular weight excluding hydrogens is 326 g/mol. The van der Waals surface area contributed by atoms with Gasteiger partial charge in [-0.2, -0.15) is 5.10 Å². The maximum absolute atomic E-state index is 10.4. The van der Waals surface area contributed by atoms with Crippen LogP contribution >= 0.6 is 0 Å². The van der Waals surface area contributed by atoms with Crippen LogP contribution in [0.2, 0.25) is 0 Å². The standard InChI is InChI=1S/C21H25N3O2/c1-14-7-19(23-22-14)9-18-12-24(13-21(18)25)11-15-3-4-17-10-20(26-2)6-5-16(17)8-15/h3-8,10,18,21,25H,9,11-13H2,1-2H3,(H,22,23)/t18-,21+/m1/s1. The number of benzene rings is 2. The van der Waals surface area contributed by atoms with Crippen LogP contribution in [0, 0.1) is 12.8 Å². The molecule has 1 aliphatic rings. The van der Waals surface area contributed by atoms with Crippen LogP contribution in [0.15, 0.2) is 42.5 Å². The summed E-state index contributed by atoms with van der Waals surface area (Å²) in [6.07, 6.45) is 0.524. The molecule has 26 heavy (non-hydrogen) atoms. The number of aromatic nitrogens is 2. The largest absolute Gasteiger partial charge is 0.497 e. The van der Waals surface area contributed by atoms with Gasteiger partial charge in [-0.3, -0.25) is 10.00 Å². The summed E-state index contributed by atoms with van der Waals surface area (Å²) in [4.78, 5) is 2.33. The fourth-order valence-electron chi connectivity index (χ4n) is 3.88. The first kappa shape index (κ1) is 17.1. The van der Waals surface area contributed by atoms with Gasteiger partial charge in [-0.05, 0) is 53.9 Å². The molecule has 2 aromatic carbocycles. The van der Waals surface area contributed by atoms with Crippen molar-refractivity contribution < 1.29 is 9.84 Å². The predicted molar refractivity (Wildman–Crippen MR) is 102 cm³/mol. The molecule has 1 fully saturated rings. The minimum absolute atomic E-state index is 0.238. The Balaban J connectivity index is 1.43. The molecule has 5 heteroatoms. The average molecular weight is 351 g/mol. The Morgan fingerprint density at radius 1 is 1.15 bits per heavy atom. The van der Waals surface area contributed by atoms with Gasteiger partial charge in [0.15, 0.2) is 0 Å². The van der Waals surface area contributed by atoms with E-state index in [4.69, 9.17) is 4.74 Å². The van der Waals surface area contributed by atoms with E-state index in [1.807, 2.05) is 13.0 Å². The maximum Gasteiger partial charge on any atom is 0.119 e. The van der Waals surface area contributed by atoms with Gasteiger partial charge >= 0.3 is 0 Å². The quantitative estimate of drug-likeness (QED) is 0.742.